The number of amides is 1. The summed E-state index contributed by atoms with van der Waals surface area (Å²) in [6.07, 6.45) is 2.73. The topological polar surface area (TPSA) is 78.5 Å². The molecule has 112 valence electrons. The van der Waals surface area contributed by atoms with E-state index in [1.54, 1.807) is 0 Å². The molecule has 0 aliphatic carbocycles. The fourth-order valence-corrected chi connectivity index (χ4v) is 2.97. The first-order chi connectivity index (χ1) is 8.58. The summed E-state index contributed by atoms with van der Waals surface area (Å²) < 4.78 is 24.2. The molecule has 1 amide bonds. The molecule has 1 fully saturated rings. The zero-order chi connectivity index (χ0) is 14.7. The van der Waals surface area contributed by atoms with Gasteiger partial charge in [0, 0.05) is 24.7 Å². The van der Waals surface area contributed by atoms with Gasteiger partial charge in [0.1, 0.15) is 0 Å². The molecular formula is C12H25N3O3S. The molecule has 0 unspecified atom stereocenters. The van der Waals surface area contributed by atoms with Crippen molar-refractivity contribution in [3.63, 3.8) is 0 Å². The third-order valence-corrected chi connectivity index (χ3v) is 4.29. The molecular weight excluding hydrogens is 266 g/mol. The third-order valence-electron chi connectivity index (χ3n) is 2.99. The lowest BCUT2D eigenvalue weighted by Gasteiger charge is -2.31. The molecule has 1 heterocycles. The van der Waals surface area contributed by atoms with Gasteiger partial charge in [0.15, 0.2) is 0 Å². The van der Waals surface area contributed by atoms with Crippen molar-refractivity contribution in [3.8, 4) is 0 Å². The molecule has 0 aromatic carbocycles. The lowest BCUT2D eigenvalue weighted by Crippen LogP contribution is -2.49. The van der Waals surface area contributed by atoms with Gasteiger partial charge in [-0.3, -0.25) is 4.79 Å². The Labute approximate surface area is 116 Å². The quantitative estimate of drug-likeness (QED) is 0.759. The zero-order valence-electron chi connectivity index (χ0n) is 12.2. The number of carbonyl (C=O) groups excluding carboxylic acids is 1. The van der Waals surface area contributed by atoms with Gasteiger partial charge in [-0.2, -0.15) is 0 Å². The maximum Gasteiger partial charge on any atom is 0.234 e. The van der Waals surface area contributed by atoms with E-state index in [2.05, 4.69) is 10.6 Å². The number of carbonyl (C=O) groups is 1. The average Bonchev–Trinajstić information content (AvgIpc) is 2.23. The second-order valence-corrected chi connectivity index (χ2v) is 8.10. The van der Waals surface area contributed by atoms with Gasteiger partial charge in [-0.1, -0.05) is 0 Å². The Balaban J connectivity index is 2.29. The molecule has 0 aromatic heterocycles. The van der Waals surface area contributed by atoms with Crippen LogP contribution in [0.15, 0.2) is 0 Å². The number of nitrogens with one attached hydrogen (secondary N) is 2. The molecule has 1 saturated heterocycles. The maximum atomic E-state index is 11.6. The Hall–Kier alpha value is -0.660. The Morgan fingerprint density at radius 1 is 1.26 bits per heavy atom. The second-order valence-electron chi connectivity index (χ2n) is 6.12. The van der Waals surface area contributed by atoms with E-state index in [0.29, 0.717) is 13.1 Å². The van der Waals surface area contributed by atoms with Gasteiger partial charge >= 0.3 is 0 Å². The van der Waals surface area contributed by atoms with Gasteiger partial charge in [-0.05, 0) is 33.6 Å². The summed E-state index contributed by atoms with van der Waals surface area (Å²) in [5.41, 5.74) is -0.224. The minimum Gasteiger partial charge on any atom is -0.350 e. The lowest BCUT2D eigenvalue weighted by atomic mass is 10.1. The van der Waals surface area contributed by atoms with E-state index in [9.17, 15) is 13.2 Å². The number of nitrogens with zero attached hydrogens (tertiary/aromatic N) is 1. The average molecular weight is 291 g/mol. The van der Waals surface area contributed by atoms with Gasteiger partial charge in [-0.15, -0.1) is 0 Å². The summed E-state index contributed by atoms with van der Waals surface area (Å²) in [6.45, 7) is 7.15. The Morgan fingerprint density at radius 3 is 2.21 bits per heavy atom. The first-order valence-corrected chi connectivity index (χ1v) is 8.42. The van der Waals surface area contributed by atoms with Crippen LogP contribution in [0.3, 0.4) is 0 Å². The highest BCUT2D eigenvalue weighted by atomic mass is 32.2. The van der Waals surface area contributed by atoms with Crippen molar-refractivity contribution >= 4 is 15.9 Å². The van der Waals surface area contributed by atoms with Gasteiger partial charge in [0.2, 0.25) is 15.9 Å². The second kappa shape index (κ2) is 6.19. The fourth-order valence-electron chi connectivity index (χ4n) is 2.09. The highest BCUT2D eigenvalue weighted by Gasteiger charge is 2.25. The number of piperidine rings is 1. The van der Waals surface area contributed by atoms with Crippen molar-refractivity contribution in [1.29, 1.82) is 0 Å². The standard InChI is InChI=1S/C12H25N3O3S/c1-12(2,3)14-11(16)9-13-10-5-7-15(8-6-10)19(4,17)18/h10,13H,5-9H2,1-4H3,(H,14,16). The van der Waals surface area contributed by atoms with Crippen molar-refractivity contribution in [2.24, 2.45) is 0 Å². The number of sulfonamides is 1. The van der Waals surface area contributed by atoms with Gasteiger partial charge in [-0.25, -0.2) is 12.7 Å². The highest BCUT2D eigenvalue weighted by molar-refractivity contribution is 7.88. The predicted octanol–water partition coefficient (Wildman–Crippen LogP) is -0.0853. The monoisotopic (exact) mass is 291 g/mol. The van der Waals surface area contributed by atoms with Gasteiger partial charge in [0.25, 0.3) is 0 Å². The number of hydrogen-bond donors (Lipinski definition) is 2. The van der Waals surface area contributed by atoms with Gasteiger partial charge < -0.3 is 10.6 Å². The summed E-state index contributed by atoms with van der Waals surface area (Å²) in [6, 6.07) is 0.212. The SMILES string of the molecule is CC(C)(C)NC(=O)CNC1CCN(S(C)(=O)=O)CC1. The molecule has 19 heavy (non-hydrogen) atoms. The molecule has 0 aromatic rings. The van der Waals surface area contributed by atoms with Crippen LogP contribution in [0.25, 0.3) is 0 Å². The summed E-state index contributed by atoms with van der Waals surface area (Å²) in [5.74, 6) is -0.0296. The smallest absolute Gasteiger partial charge is 0.234 e. The van der Waals surface area contributed by atoms with E-state index in [1.165, 1.54) is 10.6 Å². The lowest BCUT2D eigenvalue weighted by molar-refractivity contribution is -0.121. The fraction of sp³-hybridized carbons (Fsp3) is 0.917. The van der Waals surface area contributed by atoms with E-state index >= 15 is 0 Å². The predicted molar refractivity (Wildman–Crippen MR) is 75.3 cm³/mol. The summed E-state index contributed by atoms with van der Waals surface area (Å²) >= 11 is 0. The summed E-state index contributed by atoms with van der Waals surface area (Å²) in [7, 11) is -3.08. The number of rotatable bonds is 4. The molecule has 6 nitrogen and oxygen atoms in total. The minimum atomic E-state index is -3.08. The van der Waals surface area contributed by atoms with E-state index < -0.39 is 10.0 Å². The zero-order valence-corrected chi connectivity index (χ0v) is 13.0. The highest BCUT2D eigenvalue weighted by Crippen LogP contribution is 2.12. The molecule has 1 rings (SSSR count). The number of hydrogen-bond acceptors (Lipinski definition) is 4. The Kier molecular flexibility index (Phi) is 5.34. The Morgan fingerprint density at radius 2 is 1.79 bits per heavy atom. The van der Waals surface area contributed by atoms with E-state index in [0.717, 1.165) is 12.8 Å². The molecule has 1 aliphatic heterocycles. The molecule has 0 saturated carbocycles. The van der Waals surface area contributed by atoms with Gasteiger partial charge in [0.05, 0.1) is 12.8 Å². The van der Waals surface area contributed by atoms with Crippen molar-refractivity contribution in [1.82, 2.24) is 14.9 Å². The van der Waals surface area contributed by atoms with Crippen LogP contribution in [0.1, 0.15) is 33.6 Å². The van der Waals surface area contributed by atoms with Crippen LogP contribution in [0.4, 0.5) is 0 Å². The molecule has 7 heteroatoms. The van der Waals surface area contributed by atoms with Crippen molar-refractivity contribution in [3.05, 3.63) is 0 Å². The van der Waals surface area contributed by atoms with Crippen molar-refractivity contribution in [2.75, 3.05) is 25.9 Å². The van der Waals surface area contributed by atoms with Crippen LogP contribution >= 0.6 is 0 Å². The maximum absolute atomic E-state index is 11.6. The van der Waals surface area contributed by atoms with E-state index in [-0.39, 0.29) is 24.0 Å². The summed E-state index contributed by atoms with van der Waals surface area (Å²) in [5, 5.41) is 6.07. The molecule has 0 bridgehead atoms. The molecule has 0 spiro atoms. The first kappa shape index (κ1) is 16.4. The van der Waals surface area contributed by atoms with Crippen LogP contribution < -0.4 is 10.6 Å². The van der Waals surface area contributed by atoms with E-state index in [4.69, 9.17) is 0 Å². The van der Waals surface area contributed by atoms with E-state index in [1.807, 2.05) is 20.8 Å². The third kappa shape index (κ3) is 6.35. The Bertz CT molecular complexity index is 406. The molecule has 1 aliphatic rings. The van der Waals surface area contributed by atoms with Crippen molar-refractivity contribution in [2.45, 2.75) is 45.2 Å². The minimum absolute atomic E-state index is 0.0296. The van der Waals surface area contributed by atoms with Crippen LogP contribution in [-0.4, -0.2) is 56.1 Å². The normalized spacial score (nSPS) is 19.4. The van der Waals surface area contributed by atoms with Crippen molar-refractivity contribution < 1.29 is 13.2 Å². The molecule has 0 radical (unpaired) electrons. The molecule has 2 N–H and O–H groups in total. The van der Waals surface area contributed by atoms with Crippen LogP contribution in [0.2, 0.25) is 0 Å². The largest absolute Gasteiger partial charge is 0.350 e. The van der Waals surface area contributed by atoms with Crippen LogP contribution in [0.5, 0.6) is 0 Å². The molecule has 0 atom stereocenters. The van der Waals surface area contributed by atoms with Crippen LogP contribution in [-0.2, 0) is 14.8 Å². The van der Waals surface area contributed by atoms with Crippen LogP contribution in [0, 0.1) is 0 Å². The first-order valence-electron chi connectivity index (χ1n) is 6.57. The summed E-state index contributed by atoms with van der Waals surface area (Å²) in [4.78, 5) is 11.6.